The summed E-state index contributed by atoms with van der Waals surface area (Å²) in [6, 6.07) is 4.05. The Morgan fingerprint density at radius 2 is 1.91 bits per heavy atom. The van der Waals surface area contributed by atoms with Crippen LogP contribution >= 0.6 is 0 Å². The molecule has 0 amide bonds. The molecular formula is C16H22N4O2. The van der Waals surface area contributed by atoms with Gasteiger partial charge in [0.05, 0.1) is 12.8 Å². The minimum Gasteiger partial charge on any atom is -0.481 e. The van der Waals surface area contributed by atoms with Gasteiger partial charge < -0.3 is 9.15 Å². The van der Waals surface area contributed by atoms with Crippen molar-refractivity contribution in [3.8, 4) is 5.88 Å². The zero-order chi connectivity index (χ0) is 15.4. The summed E-state index contributed by atoms with van der Waals surface area (Å²) in [5.74, 6) is 1.41. The van der Waals surface area contributed by atoms with Crippen LogP contribution in [-0.2, 0) is 13.1 Å². The van der Waals surface area contributed by atoms with Gasteiger partial charge in [0.25, 0.3) is 0 Å². The molecule has 118 valence electrons. The molecule has 0 radical (unpaired) electrons. The second-order valence-corrected chi connectivity index (χ2v) is 5.62. The van der Waals surface area contributed by atoms with Crippen LogP contribution in [0.3, 0.4) is 0 Å². The number of piperazine rings is 1. The van der Waals surface area contributed by atoms with Crippen molar-refractivity contribution in [2.45, 2.75) is 20.0 Å². The zero-order valence-corrected chi connectivity index (χ0v) is 13.2. The highest BCUT2D eigenvalue weighted by atomic mass is 16.5. The number of aromatic nitrogens is 2. The van der Waals surface area contributed by atoms with Crippen LogP contribution in [0.15, 0.2) is 29.0 Å². The quantitative estimate of drug-likeness (QED) is 0.838. The Balaban J connectivity index is 1.49. The molecule has 0 aromatic carbocycles. The van der Waals surface area contributed by atoms with E-state index < -0.39 is 0 Å². The third-order valence-electron chi connectivity index (χ3n) is 3.93. The Morgan fingerprint density at radius 1 is 1.18 bits per heavy atom. The van der Waals surface area contributed by atoms with Gasteiger partial charge in [-0.1, -0.05) is 0 Å². The Bertz CT molecular complexity index is 606. The topological polar surface area (TPSA) is 54.6 Å². The number of hydrogen-bond acceptors (Lipinski definition) is 6. The van der Waals surface area contributed by atoms with Crippen molar-refractivity contribution in [3.05, 3.63) is 41.7 Å². The van der Waals surface area contributed by atoms with E-state index in [0.717, 1.165) is 50.9 Å². The lowest BCUT2D eigenvalue weighted by Crippen LogP contribution is -2.45. The highest BCUT2D eigenvalue weighted by molar-refractivity contribution is 5.20. The molecule has 1 aliphatic heterocycles. The highest BCUT2D eigenvalue weighted by Gasteiger charge is 2.18. The second kappa shape index (κ2) is 6.89. The molecule has 0 unspecified atom stereocenters. The molecule has 2 aromatic heterocycles. The van der Waals surface area contributed by atoms with Crippen LogP contribution in [-0.4, -0.2) is 53.1 Å². The summed E-state index contributed by atoms with van der Waals surface area (Å²) in [6.07, 6.45) is 3.56. The minimum atomic E-state index is 0.678. The molecule has 3 rings (SSSR count). The Morgan fingerprint density at radius 3 is 2.55 bits per heavy atom. The predicted molar refractivity (Wildman–Crippen MR) is 82.6 cm³/mol. The molecule has 0 saturated carbocycles. The number of aryl methyl sites for hydroxylation is 1. The normalized spacial score (nSPS) is 16.8. The average molecular weight is 302 g/mol. The molecule has 2 aromatic rings. The molecule has 0 aliphatic carbocycles. The molecule has 3 heterocycles. The number of nitrogens with zero attached hydrogens (tertiary/aromatic N) is 4. The van der Waals surface area contributed by atoms with Crippen LogP contribution in [0.25, 0.3) is 0 Å². The van der Waals surface area contributed by atoms with Crippen molar-refractivity contribution in [2.24, 2.45) is 0 Å². The lowest BCUT2D eigenvalue weighted by Gasteiger charge is -2.34. The first-order chi connectivity index (χ1) is 10.7. The van der Waals surface area contributed by atoms with Gasteiger partial charge in [-0.25, -0.2) is 9.97 Å². The van der Waals surface area contributed by atoms with Crippen LogP contribution in [0.4, 0.5) is 0 Å². The summed E-state index contributed by atoms with van der Waals surface area (Å²) in [5, 5.41) is 0. The summed E-state index contributed by atoms with van der Waals surface area (Å²) < 4.78 is 10.4. The zero-order valence-electron chi connectivity index (χ0n) is 13.2. The fourth-order valence-corrected chi connectivity index (χ4v) is 2.73. The van der Waals surface area contributed by atoms with Gasteiger partial charge in [0.2, 0.25) is 5.88 Å². The molecular weight excluding hydrogens is 280 g/mol. The van der Waals surface area contributed by atoms with Crippen molar-refractivity contribution in [2.75, 3.05) is 33.3 Å². The molecule has 0 atom stereocenters. The maximum atomic E-state index is 5.26. The molecule has 6 heteroatoms. The summed E-state index contributed by atoms with van der Waals surface area (Å²) >= 11 is 0. The molecule has 1 saturated heterocycles. The monoisotopic (exact) mass is 302 g/mol. The van der Waals surface area contributed by atoms with E-state index in [4.69, 9.17) is 9.15 Å². The van der Waals surface area contributed by atoms with Gasteiger partial charge in [-0.05, 0) is 11.6 Å². The lowest BCUT2D eigenvalue weighted by molar-refractivity contribution is 0.121. The lowest BCUT2D eigenvalue weighted by atomic mass is 10.2. The summed E-state index contributed by atoms with van der Waals surface area (Å²) in [5.41, 5.74) is 2.26. The maximum absolute atomic E-state index is 5.26. The first kappa shape index (κ1) is 15.0. The van der Waals surface area contributed by atoms with E-state index in [9.17, 15) is 0 Å². The van der Waals surface area contributed by atoms with Crippen molar-refractivity contribution < 1.29 is 9.15 Å². The smallest absolute Gasteiger partial charge is 0.213 e. The summed E-state index contributed by atoms with van der Waals surface area (Å²) in [6.45, 7) is 7.90. The molecule has 0 N–H and O–H groups in total. The largest absolute Gasteiger partial charge is 0.481 e. The van der Waals surface area contributed by atoms with Crippen molar-refractivity contribution >= 4 is 0 Å². The number of oxazole rings is 1. The van der Waals surface area contributed by atoms with Crippen LogP contribution in [0.2, 0.25) is 0 Å². The first-order valence-corrected chi connectivity index (χ1v) is 7.57. The number of pyridine rings is 1. The summed E-state index contributed by atoms with van der Waals surface area (Å²) in [4.78, 5) is 13.4. The van der Waals surface area contributed by atoms with Crippen LogP contribution in [0.1, 0.15) is 17.1 Å². The molecule has 0 bridgehead atoms. The van der Waals surface area contributed by atoms with E-state index in [0.29, 0.717) is 5.88 Å². The molecule has 1 fully saturated rings. The Kier molecular flexibility index (Phi) is 4.70. The third kappa shape index (κ3) is 3.84. The van der Waals surface area contributed by atoms with Gasteiger partial charge in [0.1, 0.15) is 6.26 Å². The van der Waals surface area contributed by atoms with Gasteiger partial charge in [-0.3, -0.25) is 9.80 Å². The van der Waals surface area contributed by atoms with Gasteiger partial charge in [-0.2, -0.15) is 0 Å². The first-order valence-electron chi connectivity index (χ1n) is 7.57. The molecule has 0 spiro atoms. The molecule has 1 aliphatic rings. The minimum absolute atomic E-state index is 0.678. The highest BCUT2D eigenvalue weighted by Crippen LogP contribution is 2.14. The van der Waals surface area contributed by atoms with Crippen LogP contribution < -0.4 is 4.74 Å². The predicted octanol–water partition coefficient (Wildman–Crippen LogP) is 1.70. The average Bonchev–Trinajstić information content (AvgIpc) is 2.94. The number of ether oxygens (including phenoxy) is 1. The van der Waals surface area contributed by atoms with Crippen molar-refractivity contribution in [3.63, 3.8) is 0 Å². The van der Waals surface area contributed by atoms with Gasteiger partial charge in [0, 0.05) is 58.5 Å². The molecule has 22 heavy (non-hydrogen) atoms. The number of methoxy groups -OCH3 is 1. The van der Waals surface area contributed by atoms with Gasteiger partial charge in [-0.15, -0.1) is 0 Å². The fraction of sp³-hybridized carbons (Fsp3) is 0.500. The maximum Gasteiger partial charge on any atom is 0.213 e. The third-order valence-corrected chi connectivity index (χ3v) is 3.93. The molecule has 6 nitrogen and oxygen atoms in total. The van der Waals surface area contributed by atoms with E-state index in [2.05, 4.69) is 19.8 Å². The standard InChI is InChI=1S/C16H22N4O2/c1-13-18-15(12-22-13)11-20-7-5-19(6-8-20)10-14-3-4-17-16(9-14)21-2/h3-4,9,12H,5-8,10-11H2,1-2H3. The number of hydrogen-bond donors (Lipinski definition) is 0. The van der Waals surface area contributed by atoms with Crippen LogP contribution in [0.5, 0.6) is 5.88 Å². The Hall–Kier alpha value is -1.92. The SMILES string of the molecule is COc1cc(CN2CCN(Cc3coc(C)n3)CC2)ccn1. The van der Waals surface area contributed by atoms with E-state index in [-0.39, 0.29) is 0 Å². The van der Waals surface area contributed by atoms with E-state index in [1.54, 1.807) is 19.6 Å². The number of rotatable bonds is 5. The Labute approximate surface area is 130 Å². The van der Waals surface area contributed by atoms with Gasteiger partial charge >= 0.3 is 0 Å². The van der Waals surface area contributed by atoms with Crippen molar-refractivity contribution in [1.29, 1.82) is 0 Å². The van der Waals surface area contributed by atoms with Crippen LogP contribution in [0, 0.1) is 6.92 Å². The van der Waals surface area contributed by atoms with Crippen molar-refractivity contribution in [1.82, 2.24) is 19.8 Å². The summed E-state index contributed by atoms with van der Waals surface area (Å²) in [7, 11) is 1.65. The van der Waals surface area contributed by atoms with E-state index in [1.165, 1.54) is 5.56 Å². The second-order valence-electron chi connectivity index (χ2n) is 5.62. The van der Waals surface area contributed by atoms with E-state index >= 15 is 0 Å². The van der Waals surface area contributed by atoms with E-state index in [1.807, 2.05) is 19.1 Å². The fourth-order valence-electron chi connectivity index (χ4n) is 2.73. The van der Waals surface area contributed by atoms with Gasteiger partial charge in [0.15, 0.2) is 5.89 Å².